The molecule has 0 saturated carbocycles. The van der Waals surface area contributed by atoms with E-state index in [9.17, 15) is 4.79 Å². The minimum absolute atomic E-state index is 0.241. The third-order valence-corrected chi connectivity index (χ3v) is 3.94. The van der Waals surface area contributed by atoms with Gasteiger partial charge in [-0.2, -0.15) is 0 Å². The Kier molecular flexibility index (Phi) is 5.25. The monoisotopic (exact) mass is 413 g/mol. The molecule has 0 heterocycles. The molecule has 0 aliphatic heterocycles. The number of halogens is 2. The summed E-state index contributed by atoms with van der Waals surface area (Å²) >= 11 is 6.78. The number of methoxy groups -OCH3 is 2. The Morgan fingerprint density at radius 1 is 1.00 bits per heavy atom. The highest BCUT2D eigenvalue weighted by molar-refractivity contribution is 9.11. The fourth-order valence-electron chi connectivity index (χ4n) is 1.72. The minimum Gasteiger partial charge on any atom is -0.497 e. The van der Waals surface area contributed by atoms with E-state index in [1.807, 2.05) is 18.2 Å². The lowest BCUT2D eigenvalue weighted by Gasteiger charge is -2.10. The summed E-state index contributed by atoms with van der Waals surface area (Å²) in [5.41, 5.74) is 1.14. The molecule has 110 valence electrons. The molecule has 0 atom stereocenters. The van der Waals surface area contributed by atoms with E-state index in [1.165, 1.54) is 0 Å². The fraction of sp³-hybridized carbons (Fsp3) is 0.133. The van der Waals surface area contributed by atoms with E-state index in [-0.39, 0.29) is 5.91 Å². The highest BCUT2D eigenvalue weighted by Gasteiger charge is 2.11. The topological polar surface area (TPSA) is 47.6 Å². The first kappa shape index (κ1) is 15.9. The Morgan fingerprint density at radius 3 is 2.14 bits per heavy atom. The predicted octanol–water partition coefficient (Wildman–Crippen LogP) is 4.48. The van der Waals surface area contributed by atoms with Crippen LogP contribution in [-0.4, -0.2) is 20.1 Å². The Bertz CT molecular complexity index is 652. The smallest absolute Gasteiger partial charge is 0.255 e. The maximum absolute atomic E-state index is 12.3. The lowest BCUT2D eigenvalue weighted by Crippen LogP contribution is -2.12. The van der Waals surface area contributed by atoms with E-state index in [1.54, 1.807) is 32.4 Å². The number of amides is 1. The molecule has 6 heteroatoms. The lowest BCUT2D eigenvalue weighted by atomic mass is 10.2. The number of rotatable bonds is 4. The van der Waals surface area contributed by atoms with Crippen LogP contribution in [0, 0.1) is 0 Å². The molecular weight excluding hydrogens is 402 g/mol. The summed E-state index contributed by atoms with van der Waals surface area (Å²) in [5.74, 6) is 0.888. The van der Waals surface area contributed by atoms with Crippen LogP contribution < -0.4 is 14.8 Å². The number of benzene rings is 2. The Balaban J connectivity index is 2.27. The van der Waals surface area contributed by atoms with E-state index in [2.05, 4.69) is 37.2 Å². The third-order valence-electron chi connectivity index (χ3n) is 2.79. The molecule has 0 fully saturated rings. The third kappa shape index (κ3) is 3.98. The maximum atomic E-state index is 12.3. The molecule has 2 aromatic carbocycles. The number of nitrogens with one attached hydrogen (secondary N) is 1. The van der Waals surface area contributed by atoms with Crippen molar-refractivity contribution in [3.05, 3.63) is 50.9 Å². The molecule has 0 spiro atoms. The largest absolute Gasteiger partial charge is 0.497 e. The van der Waals surface area contributed by atoms with Crippen LogP contribution in [0.4, 0.5) is 5.69 Å². The van der Waals surface area contributed by atoms with E-state index < -0.39 is 0 Å². The maximum Gasteiger partial charge on any atom is 0.255 e. The normalized spacial score (nSPS) is 10.1. The summed E-state index contributed by atoms with van der Waals surface area (Å²) in [5, 5.41) is 2.84. The molecule has 2 rings (SSSR count). The van der Waals surface area contributed by atoms with E-state index in [0.717, 1.165) is 8.95 Å². The van der Waals surface area contributed by atoms with E-state index >= 15 is 0 Å². The zero-order chi connectivity index (χ0) is 15.4. The van der Waals surface area contributed by atoms with Gasteiger partial charge in [0, 0.05) is 20.6 Å². The van der Waals surface area contributed by atoms with Crippen LogP contribution in [0.2, 0.25) is 0 Å². The molecular formula is C15H13Br2NO3. The van der Waals surface area contributed by atoms with E-state index in [4.69, 9.17) is 9.47 Å². The Labute approximate surface area is 139 Å². The molecule has 0 unspecified atom stereocenters. The predicted molar refractivity (Wildman–Crippen MR) is 89.3 cm³/mol. The molecule has 0 aromatic heterocycles. The first-order valence-corrected chi connectivity index (χ1v) is 7.61. The van der Waals surface area contributed by atoms with Gasteiger partial charge in [-0.25, -0.2) is 0 Å². The molecule has 4 nitrogen and oxygen atoms in total. The fourth-order valence-corrected chi connectivity index (χ4v) is 2.87. The molecule has 1 N–H and O–H groups in total. The number of hydrogen-bond acceptors (Lipinski definition) is 3. The molecule has 0 radical (unpaired) electrons. The van der Waals surface area contributed by atoms with Gasteiger partial charge >= 0.3 is 0 Å². The first-order chi connectivity index (χ1) is 10.0. The van der Waals surface area contributed by atoms with Crippen molar-refractivity contribution in [2.24, 2.45) is 0 Å². The number of carbonyl (C=O) groups is 1. The Morgan fingerprint density at radius 2 is 1.62 bits per heavy atom. The molecule has 2 aromatic rings. The van der Waals surface area contributed by atoms with Crippen LogP contribution in [0.5, 0.6) is 11.5 Å². The van der Waals surface area contributed by atoms with Gasteiger partial charge in [0.25, 0.3) is 5.91 Å². The second-order valence-corrected chi connectivity index (χ2v) is 5.95. The van der Waals surface area contributed by atoms with Gasteiger partial charge in [0.2, 0.25) is 0 Å². The molecule has 0 saturated heterocycles. The quantitative estimate of drug-likeness (QED) is 0.802. The average Bonchev–Trinajstić information content (AvgIpc) is 2.49. The van der Waals surface area contributed by atoms with Gasteiger partial charge in [0.05, 0.1) is 19.9 Å². The zero-order valence-electron chi connectivity index (χ0n) is 11.4. The van der Waals surface area contributed by atoms with Crippen molar-refractivity contribution in [1.29, 1.82) is 0 Å². The summed E-state index contributed by atoms with van der Waals surface area (Å²) in [6.07, 6.45) is 0. The van der Waals surface area contributed by atoms with Crippen LogP contribution in [0.15, 0.2) is 45.3 Å². The van der Waals surface area contributed by atoms with Crippen molar-refractivity contribution >= 4 is 43.5 Å². The van der Waals surface area contributed by atoms with Gasteiger partial charge in [-0.05, 0) is 46.3 Å². The summed E-state index contributed by atoms with van der Waals surface area (Å²) in [7, 11) is 3.09. The van der Waals surface area contributed by atoms with Crippen molar-refractivity contribution in [2.75, 3.05) is 19.5 Å². The summed E-state index contributed by atoms with van der Waals surface area (Å²) in [4.78, 5) is 12.3. The van der Waals surface area contributed by atoms with Crippen LogP contribution >= 0.6 is 31.9 Å². The SMILES string of the molecule is COc1cc(OC)cc(C(=O)Nc2ccc(Br)cc2Br)c1. The van der Waals surface area contributed by atoms with Gasteiger partial charge in [-0.15, -0.1) is 0 Å². The average molecular weight is 415 g/mol. The molecule has 1 amide bonds. The second kappa shape index (κ2) is 6.95. The van der Waals surface area contributed by atoms with Crippen LogP contribution in [0.3, 0.4) is 0 Å². The zero-order valence-corrected chi connectivity index (χ0v) is 14.6. The number of anilines is 1. The van der Waals surface area contributed by atoms with Crippen molar-refractivity contribution in [3.63, 3.8) is 0 Å². The van der Waals surface area contributed by atoms with E-state index in [0.29, 0.717) is 22.7 Å². The van der Waals surface area contributed by atoms with Crippen molar-refractivity contribution in [2.45, 2.75) is 0 Å². The molecule has 0 bridgehead atoms. The van der Waals surface area contributed by atoms with Crippen molar-refractivity contribution < 1.29 is 14.3 Å². The number of ether oxygens (including phenoxy) is 2. The number of hydrogen-bond donors (Lipinski definition) is 1. The first-order valence-electron chi connectivity index (χ1n) is 6.03. The standard InChI is InChI=1S/C15H13Br2NO3/c1-20-11-5-9(6-12(8-11)21-2)15(19)18-14-4-3-10(16)7-13(14)17/h3-8H,1-2H3,(H,18,19). The van der Waals surface area contributed by atoms with Gasteiger partial charge in [0.1, 0.15) is 11.5 Å². The van der Waals surface area contributed by atoms with Crippen LogP contribution in [0.1, 0.15) is 10.4 Å². The van der Waals surface area contributed by atoms with Gasteiger partial charge in [-0.1, -0.05) is 15.9 Å². The van der Waals surface area contributed by atoms with Gasteiger partial charge < -0.3 is 14.8 Å². The van der Waals surface area contributed by atoms with Gasteiger partial charge in [-0.3, -0.25) is 4.79 Å². The highest BCUT2D eigenvalue weighted by Crippen LogP contribution is 2.28. The highest BCUT2D eigenvalue weighted by atomic mass is 79.9. The van der Waals surface area contributed by atoms with Crippen LogP contribution in [-0.2, 0) is 0 Å². The molecule has 0 aliphatic carbocycles. The lowest BCUT2D eigenvalue weighted by molar-refractivity contribution is 0.102. The second-order valence-electron chi connectivity index (χ2n) is 4.18. The van der Waals surface area contributed by atoms with Crippen molar-refractivity contribution in [1.82, 2.24) is 0 Å². The van der Waals surface area contributed by atoms with Crippen molar-refractivity contribution in [3.8, 4) is 11.5 Å². The summed E-state index contributed by atoms with van der Waals surface area (Å²) in [6, 6.07) is 10.6. The summed E-state index contributed by atoms with van der Waals surface area (Å²) in [6.45, 7) is 0. The number of carbonyl (C=O) groups excluding carboxylic acids is 1. The minimum atomic E-state index is -0.241. The molecule has 0 aliphatic rings. The van der Waals surface area contributed by atoms with Gasteiger partial charge in [0.15, 0.2) is 0 Å². The molecule has 21 heavy (non-hydrogen) atoms. The summed E-state index contributed by atoms with van der Waals surface area (Å²) < 4.78 is 12.0. The Hall–Kier alpha value is -1.53. The van der Waals surface area contributed by atoms with Crippen LogP contribution in [0.25, 0.3) is 0 Å².